The van der Waals surface area contributed by atoms with Crippen LogP contribution in [0.1, 0.15) is 21.7 Å². The number of carbonyl (C=O) groups is 1. The summed E-state index contributed by atoms with van der Waals surface area (Å²) in [6.45, 7) is 0.680. The molecule has 1 aromatic heterocycles. The molecule has 0 atom stereocenters. The van der Waals surface area contributed by atoms with Crippen LogP contribution in [-0.2, 0) is 12.8 Å². The molecule has 3 rings (SSSR count). The molecule has 5 heteroatoms. The summed E-state index contributed by atoms with van der Waals surface area (Å²) >= 11 is 6.66. The van der Waals surface area contributed by atoms with Crippen LogP contribution in [0.25, 0.3) is 0 Å². The number of rotatable bonds is 3. The number of ketones is 1. The Kier molecular flexibility index (Phi) is 3.50. The summed E-state index contributed by atoms with van der Waals surface area (Å²) in [6.07, 6.45) is 1.17. The molecule has 1 aromatic carbocycles. The SMILES string of the molecule is O=C(Cc1cc(Br)cc2c1OCC2)c1ccc(Br)o1. The molecule has 3 nitrogen and oxygen atoms in total. The van der Waals surface area contributed by atoms with Crippen molar-refractivity contribution in [2.75, 3.05) is 6.61 Å². The first-order valence-corrected chi connectivity index (χ1v) is 7.45. The molecule has 0 unspecified atom stereocenters. The van der Waals surface area contributed by atoms with E-state index in [2.05, 4.69) is 31.9 Å². The molecule has 1 aliphatic heterocycles. The highest BCUT2D eigenvalue weighted by molar-refractivity contribution is 9.10. The van der Waals surface area contributed by atoms with Crippen LogP contribution in [0.15, 0.2) is 37.8 Å². The Morgan fingerprint density at radius 2 is 2.11 bits per heavy atom. The van der Waals surface area contributed by atoms with Gasteiger partial charge in [0.15, 0.2) is 10.4 Å². The van der Waals surface area contributed by atoms with Crippen molar-refractivity contribution < 1.29 is 13.9 Å². The molecule has 0 spiro atoms. The van der Waals surface area contributed by atoms with E-state index in [-0.39, 0.29) is 12.2 Å². The molecular weight excluding hydrogens is 376 g/mol. The van der Waals surface area contributed by atoms with Crippen molar-refractivity contribution in [3.05, 3.63) is 50.3 Å². The second-order valence-electron chi connectivity index (χ2n) is 4.36. The molecule has 0 aliphatic carbocycles. The van der Waals surface area contributed by atoms with Crippen molar-refractivity contribution in [1.82, 2.24) is 0 Å². The highest BCUT2D eigenvalue weighted by atomic mass is 79.9. The standard InChI is InChI=1S/C14H10Br2O3/c15-10-5-8-3-4-18-14(8)9(6-10)7-11(17)12-1-2-13(16)19-12/h1-2,5-6H,3-4,7H2. The average Bonchev–Trinajstić information content (AvgIpc) is 2.97. The van der Waals surface area contributed by atoms with Gasteiger partial charge in [0.05, 0.1) is 6.61 Å². The first-order valence-electron chi connectivity index (χ1n) is 5.86. The molecule has 98 valence electrons. The number of hydrogen-bond donors (Lipinski definition) is 0. The molecule has 0 saturated carbocycles. The summed E-state index contributed by atoms with van der Waals surface area (Å²) in [6, 6.07) is 7.36. The number of fused-ring (bicyclic) bond motifs is 1. The van der Waals surface area contributed by atoms with E-state index in [1.165, 1.54) is 0 Å². The third-order valence-corrected chi connectivity index (χ3v) is 3.91. The molecule has 0 saturated heterocycles. The Balaban J connectivity index is 1.90. The van der Waals surface area contributed by atoms with Gasteiger partial charge in [-0.05, 0) is 45.8 Å². The second kappa shape index (κ2) is 5.13. The zero-order chi connectivity index (χ0) is 13.4. The quantitative estimate of drug-likeness (QED) is 0.744. The second-order valence-corrected chi connectivity index (χ2v) is 6.05. The van der Waals surface area contributed by atoms with E-state index in [0.29, 0.717) is 17.0 Å². The van der Waals surface area contributed by atoms with Gasteiger partial charge in [0.25, 0.3) is 0 Å². The smallest absolute Gasteiger partial charge is 0.202 e. The zero-order valence-corrected chi connectivity index (χ0v) is 13.1. The number of benzene rings is 1. The fourth-order valence-corrected chi connectivity index (χ4v) is 3.06. The molecule has 19 heavy (non-hydrogen) atoms. The largest absolute Gasteiger partial charge is 0.493 e. The molecule has 2 heterocycles. The molecular formula is C14H10Br2O3. The number of furan rings is 1. The molecule has 0 amide bonds. The molecule has 0 radical (unpaired) electrons. The maximum atomic E-state index is 12.2. The van der Waals surface area contributed by atoms with E-state index < -0.39 is 0 Å². The lowest BCUT2D eigenvalue weighted by Gasteiger charge is -2.07. The Morgan fingerprint density at radius 3 is 2.84 bits per heavy atom. The maximum absolute atomic E-state index is 12.2. The number of Topliss-reactive ketones (excluding diaryl/α,β-unsaturated/α-hetero) is 1. The Bertz CT molecular complexity index is 646. The van der Waals surface area contributed by atoms with E-state index in [9.17, 15) is 4.79 Å². The van der Waals surface area contributed by atoms with Crippen LogP contribution < -0.4 is 4.74 Å². The summed E-state index contributed by atoms with van der Waals surface area (Å²) < 4.78 is 12.4. The third-order valence-electron chi connectivity index (χ3n) is 3.02. The van der Waals surface area contributed by atoms with Crippen molar-refractivity contribution in [3.8, 4) is 5.75 Å². The Morgan fingerprint density at radius 1 is 1.26 bits per heavy atom. The first-order chi connectivity index (χ1) is 9.13. The number of hydrogen-bond acceptors (Lipinski definition) is 3. The van der Waals surface area contributed by atoms with E-state index in [1.807, 2.05) is 12.1 Å². The van der Waals surface area contributed by atoms with Crippen LogP contribution in [-0.4, -0.2) is 12.4 Å². The Hall–Kier alpha value is -1.07. The van der Waals surface area contributed by atoms with Crippen LogP contribution in [0.3, 0.4) is 0 Å². The van der Waals surface area contributed by atoms with Gasteiger partial charge in [-0.1, -0.05) is 15.9 Å². The van der Waals surface area contributed by atoms with Crippen LogP contribution in [0.4, 0.5) is 0 Å². The lowest BCUT2D eigenvalue weighted by atomic mass is 10.0. The fourth-order valence-electron chi connectivity index (χ4n) is 2.20. The molecule has 1 aliphatic rings. The van der Waals surface area contributed by atoms with Crippen LogP contribution >= 0.6 is 31.9 Å². The van der Waals surface area contributed by atoms with Gasteiger partial charge in [-0.3, -0.25) is 4.79 Å². The van der Waals surface area contributed by atoms with E-state index in [4.69, 9.17) is 9.15 Å². The van der Waals surface area contributed by atoms with Crippen molar-refractivity contribution >= 4 is 37.6 Å². The summed E-state index contributed by atoms with van der Waals surface area (Å²) in [5, 5.41) is 0. The predicted molar refractivity (Wildman–Crippen MR) is 77.8 cm³/mol. The average molecular weight is 386 g/mol. The van der Waals surface area contributed by atoms with Crippen LogP contribution in [0, 0.1) is 0 Å². The van der Waals surface area contributed by atoms with Gasteiger partial charge in [0, 0.05) is 22.9 Å². The molecule has 0 fully saturated rings. The fraction of sp³-hybridized carbons (Fsp3) is 0.214. The van der Waals surface area contributed by atoms with E-state index >= 15 is 0 Å². The minimum Gasteiger partial charge on any atom is -0.493 e. The van der Waals surface area contributed by atoms with Gasteiger partial charge in [0.2, 0.25) is 5.78 Å². The van der Waals surface area contributed by atoms with Gasteiger partial charge in [-0.25, -0.2) is 0 Å². The van der Waals surface area contributed by atoms with Crippen molar-refractivity contribution in [2.45, 2.75) is 12.8 Å². The van der Waals surface area contributed by atoms with Gasteiger partial charge < -0.3 is 9.15 Å². The maximum Gasteiger partial charge on any atom is 0.202 e. The van der Waals surface area contributed by atoms with E-state index in [0.717, 1.165) is 27.8 Å². The highest BCUT2D eigenvalue weighted by Crippen LogP contribution is 2.33. The molecule has 0 N–H and O–H groups in total. The lowest BCUT2D eigenvalue weighted by molar-refractivity contribution is 0.0964. The van der Waals surface area contributed by atoms with Gasteiger partial charge in [-0.2, -0.15) is 0 Å². The first kappa shape index (κ1) is 12.9. The predicted octanol–water partition coefficient (Wildman–Crippen LogP) is 4.16. The van der Waals surface area contributed by atoms with Crippen molar-refractivity contribution in [1.29, 1.82) is 0 Å². The number of halogens is 2. The number of carbonyl (C=O) groups excluding carboxylic acids is 1. The molecule has 0 bridgehead atoms. The zero-order valence-electron chi connectivity index (χ0n) is 9.91. The minimum absolute atomic E-state index is 0.0542. The summed E-state index contributed by atoms with van der Waals surface area (Å²) in [7, 11) is 0. The third kappa shape index (κ3) is 2.62. The topological polar surface area (TPSA) is 39.4 Å². The normalized spacial score (nSPS) is 13.2. The Labute approximate surface area is 127 Å². The highest BCUT2D eigenvalue weighted by Gasteiger charge is 2.20. The van der Waals surface area contributed by atoms with Gasteiger partial charge in [-0.15, -0.1) is 0 Å². The van der Waals surface area contributed by atoms with Gasteiger partial charge >= 0.3 is 0 Å². The van der Waals surface area contributed by atoms with E-state index in [1.54, 1.807) is 12.1 Å². The van der Waals surface area contributed by atoms with Crippen LogP contribution in [0.5, 0.6) is 5.75 Å². The summed E-state index contributed by atoms with van der Waals surface area (Å²) in [5.74, 6) is 1.15. The van der Waals surface area contributed by atoms with Crippen molar-refractivity contribution in [3.63, 3.8) is 0 Å². The van der Waals surface area contributed by atoms with Crippen molar-refractivity contribution in [2.24, 2.45) is 0 Å². The monoisotopic (exact) mass is 384 g/mol. The van der Waals surface area contributed by atoms with Crippen LogP contribution in [0.2, 0.25) is 0 Å². The van der Waals surface area contributed by atoms with Gasteiger partial charge in [0.1, 0.15) is 5.75 Å². The lowest BCUT2D eigenvalue weighted by Crippen LogP contribution is -2.04. The minimum atomic E-state index is -0.0542. The summed E-state index contributed by atoms with van der Waals surface area (Å²) in [5.41, 5.74) is 2.05. The summed E-state index contributed by atoms with van der Waals surface area (Å²) in [4.78, 5) is 12.2. The molecule has 2 aromatic rings. The number of ether oxygens (including phenoxy) is 1.